The fourth-order valence-electron chi connectivity index (χ4n) is 3.22. The molecule has 0 N–H and O–H groups in total. The Balaban J connectivity index is 1.95. The van der Waals surface area contributed by atoms with E-state index >= 15 is 0 Å². The normalized spacial score (nSPS) is 15.2. The van der Waals surface area contributed by atoms with E-state index in [1.165, 1.54) is 16.1 Å². The van der Waals surface area contributed by atoms with Gasteiger partial charge in [-0.25, -0.2) is 9.59 Å². The molecule has 0 saturated carbocycles. The Labute approximate surface area is 192 Å². The van der Waals surface area contributed by atoms with Gasteiger partial charge in [-0.2, -0.15) is 0 Å². The van der Waals surface area contributed by atoms with Crippen molar-refractivity contribution in [3.05, 3.63) is 92.1 Å². The second-order valence-corrected chi connectivity index (χ2v) is 6.97. The number of nitrogens with zero attached hydrogens (tertiary/aromatic N) is 2. The van der Waals surface area contributed by atoms with Crippen molar-refractivity contribution in [1.82, 2.24) is 9.80 Å². The Morgan fingerprint density at radius 2 is 1.45 bits per heavy atom. The second kappa shape index (κ2) is 12.0. The summed E-state index contributed by atoms with van der Waals surface area (Å²) in [5.74, 6) is 1.59. The molecule has 1 aliphatic rings. The first kappa shape index (κ1) is 23.5. The molecule has 0 fully saturated rings. The number of carbonyl (C=O) groups excluding carboxylic acids is 2. The van der Waals surface area contributed by atoms with Gasteiger partial charge in [0.2, 0.25) is 0 Å². The molecule has 0 spiro atoms. The number of hydrogen-bond acceptors (Lipinski definition) is 6. The maximum absolute atomic E-state index is 12.6. The Bertz CT molecular complexity index is 1020. The number of ether oxygens (including phenoxy) is 4. The Kier molecular flexibility index (Phi) is 8.53. The molecule has 8 heteroatoms. The number of para-hydroxylation sites is 3. The fourth-order valence-corrected chi connectivity index (χ4v) is 3.22. The predicted octanol–water partition coefficient (Wildman–Crippen LogP) is 5.44. The quantitative estimate of drug-likeness (QED) is 0.567. The van der Waals surface area contributed by atoms with Crippen LogP contribution in [0.2, 0.25) is 0 Å². The molecule has 2 amide bonds. The minimum Gasteiger partial charge on any atom is -0.461 e. The third kappa shape index (κ3) is 6.64. The summed E-state index contributed by atoms with van der Waals surface area (Å²) in [6.07, 6.45) is 4.74. The topological polar surface area (TPSA) is 77.5 Å². The van der Waals surface area contributed by atoms with E-state index in [0.29, 0.717) is 36.8 Å². The molecular formula is C25H26N2O6. The smallest absolute Gasteiger partial charge is 0.414 e. The minimum absolute atomic E-state index is 0.237. The number of amides is 2. The highest BCUT2D eigenvalue weighted by atomic mass is 16.6. The number of rotatable bonds is 2. The molecule has 0 radical (unpaired) electrons. The number of fused-ring (bicyclic) bond motifs is 2. The molecule has 172 valence electrons. The molecule has 0 atom stereocenters. The van der Waals surface area contributed by atoms with Crippen molar-refractivity contribution in [1.29, 1.82) is 0 Å². The Morgan fingerprint density at radius 1 is 0.848 bits per heavy atom. The zero-order chi connectivity index (χ0) is 23.5. The lowest BCUT2D eigenvalue weighted by molar-refractivity contribution is 0.126. The summed E-state index contributed by atoms with van der Waals surface area (Å²) < 4.78 is 21.8. The maximum atomic E-state index is 12.6. The predicted molar refractivity (Wildman–Crippen MR) is 123 cm³/mol. The molecule has 2 aromatic carbocycles. The van der Waals surface area contributed by atoms with Crippen molar-refractivity contribution < 1.29 is 28.5 Å². The summed E-state index contributed by atoms with van der Waals surface area (Å²) in [6, 6.07) is 14.6. The van der Waals surface area contributed by atoms with Crippen LogP contribution in [0.15, 0.2) is 86.6 Å². The average Bonchev–Trinajstić information content (AvgIpc) is 2.82. The van der Waals surface area contributed by atoms with Crippen LogP contribution < -0.4 is 9.47 Å². The third-order valence-electron chi connectivity index (χ3n) is 4.76. The fraction of sp³-hybridized carbons (Fsp3) is 0.200. The summed E-state index contributed by atoms with van der Waals surface area (Å²) in [5.41, 5.74) is 0.779. The minimum atomic E-state index is -0.548. The van der Waals surface area contributed by atoms with Crippen LogP contribution in [0.5, 0.6) is 17.2 Å². The van der Waals surface area contributed by atoms with Crippen LogP contribution in [0.3, 0.4) is 0 Å². The van der Waals surface area contributed by atoms with Gasteiger partial charge in [0.1, 0.15) is 5.75 Å². The van der Waals surface area contributed by atoms with Crippen molar-refractivity contribution >= 4 is 12.2 Å². The van der Waals surface area contributed by atoms with Gasteiger partial charge in [-0.15, -0.1) is 0 Å². The van der Waals surface area contributed by atoms with E-state index in [1.807, 2.05) is 36.4 Å². The van der Waals surface area contributed by atoms with Gasteiger partial charge < -0.3 is 28.7 Å². The van der Waals surface area contributed by atoms with E-state index in [2.05, 4.69) is 13.2 Å². The Morgan fingerprint density at radius 3 is 2.18 bits per heavy atom. The second-order valence-electron chi connectivity index (χ2n) is 6.97. The first-order valence-electron chi connectivity index (χ1n) is 10.4. The molecule has 0 saturated heterocycles. The van der Waals surface area contributed by atoms with Gasteiger partial charge in [0.15, 0.2) is 11.5 Å². The zero-order valence-electron chi connectivity index (χ0n) is 18.2. The van der Waals surface area contributed by atoms with E-state index in [0.717, 1.165) is 18.1 Å². The molecule has 0 bridgehead atoms. The van der Waals surface area contributed by atoms with Gasteiger partial charge >= 0.3 is 12.2 Å². The number of benzene rings is 2. The largest absolute Gasteiger partial charge is 0.461 e. The summed E-state index contributed by atoms with van der Waals surface area (Å²) in [5, 5.41) is 0. The summed E-state index contributed by atoms with van der Waals surface area (Å²) in [7, 11) is 0. The van der Waals surface area contributed by atoms with Crippen LogP contribution in [0.25, 0.3) is 0 Å². The number of carbonyl (C=O) groups is 2. The third-order valence-corrected chi connectivity index (χ3v) is 4.76. The molecule has 8 nitrogen and oxygen atoms in total. The summed E-state index contributed by atoms with van der Waals surface area (Å²) in [6.45, 7) is 8.04. The van der Waals surface area contributed by atoms with Crippen molar-refractivity contribution in [2.45, 2.75) is 13.0 Å². The highest BCUT2D eigenvalue weighted by molar-refractivity contribution is 5.69. The lowest BCUT2D eigenvalue weighted by Gasteiger charge is -2.24. The van der Waals surface area contributed by atoms with E-state index in [1.54, 1.807) is 18.2 Å². The van der Waals surface area contributed by atoms with E-state index in [-0.39, 0.29) is 13.1 Å². The van der Waals surface area contributed by atoms with Crippen LogP contribution in [-0.2, 0) is 16.0 Å². The monoisotopic (exact) mass is 450 g/mol. The van der Waals surface area contributed by atoms with Gasteiger partial charge in [0.25, 0.3) is 0 Å². The van der Waals surface area contributed by atoms with Crippen molar-refractivity contribution in [3.8, 4) is 17.2 Å². The van der Waals surface area contributed by atoms with E-state index in [4.69, 9.17) is 18.9 Å². The molecule has 2 aromatic rings. The van der Waals surface area contributed by atoms with Crippen molar-refractivity contribution in [2.24, 2.45) is 0 Å². The molecule has 3 rings (SSSR count). The van der Waals surface area contributed by atoms with Gasteiger partial charge in [0.05, 0.1) is 25.3 Å². The lowest BCUT2D eigenvalue weighted by Crippen LogP contribution is -2.36. The maximum Gasteiger partial charge on any atom is 0.414 e. The molecule has 0 unspecified atom stereocenters. The summed E-state index contributed by atoms with van der Waals surface area (Å²) >= 11 is 0. The first-order valence-corrected chi connectivity index (χ1v) is 10.4. The van der Waals surface area contributed by atoms with Crippen molar-refractivity contribution in [3.63, 3.8) is 0 Å². The molecule has 33 heavy (non-hydrogen) atoms. The van der Waals surface area contributed by atoms with Crippen LogP contribution >= 0.6 is 0 Å². The average molecular weight is 450 g/mol. The standard InChI is InChI=1S/C25H26N2O6/c1-3-30-24(28)26-15-9-16-27(25(29)31-4-2)19-20-11-5-6-12-21(20)33-23-14-8-7-13-22(23)32-18-10-17-26/h3-8,10-14,18H,1-2,9,15-17,19H2/b18-10-. The molecule has 1 aliphatic heterocycles. The van der Waals surface area contributed by atoms with Gasteiger partial charge in [0, 0.05) is 25.2 Å². The first-order chi connectivity index (χ1) is 16.1. The van der Waals surface area contributed by atoms with Crippen LogP contribution in [0.1, 0.15) is 12.0 Å². The SMILES string of the molecule is C=COC(=O)N1C/C=C\Oc2ccccc2Oc2ccccc2CN(C(=O)OC=C)CCC1. The number of hydrogen-bond donors (Lipinski definition) is 0. The zero-order valence-corrected chi connectivity index (χ0v) is 18.2. The van der Waals surface area contributed by atoms with Crippen LogP contribution in [0.4, 0.5) is 9.59 Å². The van der Waals surface area contributed by atoms with Gasteiger partial charge in [-0.1, -0.05) is 43.5 Å². The van der Waals surface area contributed by atoms with Crippen molar-refractivity contribution in [2.75, 3.05) is 19.6 Å². The lowest BCUT2D eigenvalue weighted by atomic mass is 10.2. The molecule has 0 aromatic heterocycles. The van der Waals surface area contributed by atoms with E-state index in [9.17, 15) is 9.59 Å². The molecule has 0 aliphatic carbocycles. The highest BCUT2D eigenvalue weighted by Crippen LogP contribution is 2.33. The van der Waals surface area contributed by atoms with Crippen LogP contribution in [0, 0.1) is 0 Å². The summed E-state index contributed by atoms with van der Waals surface area (Å²) in [4.78, 5) is 27.9. The van der Waals surface area contributed by atoms with E-state index < -0.39 is 12.2 Å². The molecular weight excluding hydrogens is 424 g/mol. The van der Waals surface area contributed by atoms with Gasteiger partial charge in [-0.05, 0) is 30.7 Å². The Hall–Kier alpha value is -4.20. The molecule has 1 heterocycles. The van der Waals surface area contributed by atoms with Crippen LogP contribution in [-0.4, -0.2) is 41.6 Å². The highest BCUT2D eigenvalue weighted by Gasteiger charge is 2.20. The van der Waals surface area contributed by atoms with Gasteiger partial charge in [-0.3, -0.25) is 0 Å².